The first-order chi connectivity index (χ1) is 18.0. The molecule has 0 spiro atoms. The second-order valence-electron chi connectivity index (χ2n) is 8.87. The van der Waals surface area contributed by atoms with E-state index in [9.17, 15) is 27.6 Å². The minimum absolute atomic E-state index is 0.0124. The third-order valence-electron chi connectivity index (χ3n) is 5.89. The molecule has 0 aliphatic rings. The molecule has 0 aliphatic heterocycles. The van der Waals surface area contributed by atoms with Crippen molar-refractivity contribution in [1.29, 1.82) is 0 Å². The molecule has 38 heavy (non-hydrogen) atoms. The van der Waals surface area contributed by atoms with Crippen LogP contribution in [0.4, 0.5) is 18.9 Å². The Labute approximate surface area is 219 Å². The van der Waals surface area contributed by atoms with Crippen molar-refractivity contribution in [3.05, 3.63) is 65.2 Å². The van der Waals surface area contributed by atoms with Gasteiger partial charge in [0, 0.05) is 31.9 Å². The summed E-state index contributed by atoms with van der Waals surface area (Å²) in [6.07, 6.45) is -4.37. The number of rotatable bonds is 13. The molecular weight excluding hydrogens is 501 g/mol. The lowest BCUT2D eigenvalue weighted by molar-refractivity contribution is -0.138. The van der Waals surface area contributed by atoms with E-state index in [1.165, 1.54) is 24.0 Å². The molecule has 0 radical (unpaired) electrons. The van der Waals surface area contributed by atoms with Crippen molar-refractivity contribution in [2.45, 2.75) is 44.4 Å². The topological polar surface area (TPSA) is 157 Å². The Morgan fingerprint density at radius 2 is 1.61 bits per heavy atom. The Hall–Kier alpha value is -3.48. The number of halogens is 3. The van der Waals surface area contributed by atoms with E-state index in [2.05, 4.69) is 10.6 Å². The largest absolute Gasteiger partial charge is 0.416 e. The lowest BCUT2D eigenvalue weighted by Gasteiger charge is -2.24. The SMILES string of the molecule is Cc1ccc(NC(=O)C(CCc2ccccc2)NC(=O)C(N)CC(=O)N(CCN)CCN)cc1C(F)(F)F. The van der Waals surface area contributed by atoms with Gasteiger partial charge in [0.05, 0.1) is 18.0 Å². The minimum atomic E-state index is -4.59. The molecule has 2 atom stereocenters. The van der Waals surface area contributed by atoms with Gasteiger partial charge in [0.25, 0.3) is 0 Å². The maximum Gasteiger partial charge on any atom is 0.416 e. The number of anilines is 1. The average molecular weight is 537 g/mol. The second-order valence-corrected chi connectivity index (χ2v) is 8.87. The number of carbonyl (C=O) groups excluding carboxylic acids is 3. The molecule has 3 amide bonds. The molecule has 2 aromatic rings. The van der Waals surface area contributed by atoms with Crippen molar-refractivity contribution in [2.75, 3.05) is 31.5 Å². The van der Waals surface area contributed by atoms with Gasteiger partial charge < -0.3 is 32.7 Å². The van der Waals surface area contributed by atoms with E-state index < -0.39 is 41.5 Å². The second kappa shape index (κ2) is 14.5. The number of hydrogen-bond donors (Lipinski definition) is 5. The fourth-order valence-corrected chi connectivity index (χ4v) is 3.82. The number of benzene rings is 2. The highest BCUT2D eigenvalue weighted by atomic mass is 19.4. The van der Waals surface area contributed by atoms with E-state index in [0.717, 1.165) is 11.6 Å². The maximum absolute atomic E-state index is 13.3. The number of nitrogens with two attached hydrogens (primary N) is 3. The first kappa shape index (κ1) is 30.7. The Kier molecular flexibility index (Phi) is 11.7. The summed E-state index contributed by atoms with van der Waals surface area (Å²) < 4.78 is 40.0. The van der Waals surface area contributed by atoms with E-state index in [1.807, 2.05) is 30.3 Å². The highest BCUT2D eigenvalue weighted by Gasteiger charge is 2.33. The van der Waals surface area contributed by atoms with Crippen molar-refractivity contribution in [3.8, 4) is 0 Å². The molecule has 2 unspecified atom stereocenters. The van der Waals surface area contributed by atoms with Crippen molar-refractivity contribution >= 4 is 23.4 Å². The number of amides is 3. The molecule has 9 nitrogen and oxygen atoms in total. The van der Waals surface area contributed by atoms with Crippen LogP contribution in [0.1, 0.15) is 29.5 Å². The molecule has 12 heteroatoms. The van der Waals surface area contributed by atoms with Gasteiger partial charge in [-0.3, -0.25) is 14.4 Å². The van der Waals surface area contributed by atoms with E-state index in [1.54, 1.807) is 0 Å². The van der Waals surface area contributed by atoms with Crippen molar-refractivity contribution in [1.82, 2.24) is 10.2 Å². The predicted molar refractivity (Wildman–Crippen MR) is 139 cm³/mol. The predicted octanol–water partition coefficient (Wildman–Crippen LogP) is 1.53. The summed E-state index contributed by atoms with van der Waals surface area (Å²) in [5.41, 5.74) is 17.0. The van der Waals surface area contributed by atoms with E-state index >= 15 is 0 Å². The van der Waals surface area contributed by atoms with Gasteiger partial charge >= 0.3 is 6.18 Å². The summed E-state index contributed by atoms with van der Waals surface area (Å²) in [7, 11) is 0. The molecule has 0 heterocycles. The quantitative estimate of drug-likeness (QED) is 0.261. The van der Waals surface area contributed by atoms with Gasteiger partial charge in [-0.25, -0.2) is 0 Å². The van der Waals surface area contributed by atoms with Crippen LogP contribution in [0, 0.1) is 6.92 Å². The van der Waals surface area contributed by atoms with Gasteiger partial charge in [-0.15, -0.1) is 0 Å². The first-order valence-electron chi connectivity index (χ1n) is 12.2. The fraction of sp³-hybridized carbons (Fsp3) is 0.423. The van der Waals surface area contributed by atoms with Gasteiger partial charge in [-0.2, -0.15) is 13.2 Å². The monoisotopic (exact) mass is 536 g/mol. The van der Waals surface area contributed by atoms with Gasteiger partial charge in [0.1, 0.15) is 6.04 Å². The average Bonchev–Trinajstić information content (AvgIpc) is 2.87. The molecule has 0 bridgehead atoms. The lowest BCUT2D eigenvalue weighted by Crippen LogP contribution is -2.52. The maximum atomic E-state index is 13.3. The Bertz CT molecular complexity index is 1080. The smallest absolute Gasteiger partial charge is 0.343 e. The molecule has 0 saturated carbocycles. The summed E-state index contributed by atoms with van der Waals surface area (Å²) in [6, 6.07) is 10.2. The van der Waals surface area contributed by atoms with Crippen molar-refractivity contribution in [2.24, 2.45) is 17.2 Å². The van der Waals surface area contributed by atoms with Crippen molar-refractivity contribution < 1.29 is 27.6 Å². The van der Waals surface area contributed by atoms with Gasteiger partial charge in [-0.05, 0) is 43.0 Å². The number of alkyl halides is 3. The van der Waals surface area contributed by atoms with Crippen LogP contribution in [0.5, 0.6) is 0 Å². The first-order valence-corrected chi connectivity index (χ1v) is 12.2. The van der Waals surface area contributed by atoms with E-state index in [0.29, 0.717) is 6.42 Å². The minimum Gasteiger partial charge on any atom is -0.343 e. The molecule has 0 fully saturated rings. The van der Waals surface area contributed by atoms with Crippen LogP contribution in [0.3, 0.4) is 0 Å². The molecule has 0 aromatic heterocycles. The number of nitrogens with zero attached hydrogens (tertiary/aromatic N) is 1. The standard InChI is InChI=1S/C26H35F3N6O3/c1-17-7-9-19(15-20(17)26(27,28)29)33-25(38)22(10-8-18-5-3-2-4-6-18)34-24(37)21(32)16-23(36)35(13-11-30)14-12-31/h2-7,9,15,21-22H,8,10-14,16,30-32H2,1H3,(H,33,38)(H,34,37). The Morgan fingerprint density at radius 3 is 2.18 bits per heavy atom. The molecule has 0 aliphatic carbocycles. The van der Waals surface area contributed by atoms with Crippen LogP contribution in [-0.2, 0) is 27.0 Å². The van der Waals surface area contributed by atoms with Gasteiger partial charge in [0.15, 0.2) is 0 Å². The lowest BCUT2D eigenvalue weighted by atomic mass is 10.0. The summed E-state index contributed by atoms with van der Waals surface area (Å²) >= 11 is 0. The normalized spacial score (nSPS) is 12.9. The summed E-state index contributed by atoms with van der Waals surface area (Å²) in [4.78, 5) is 39.9. The number of nitrogens with one attached hydrogen (secondary N) is 2. The third-order valence-corrected chi connectivity index (χ3v) is 5.89. The summed E-state index contributed by atoms with van der Waals surface area (Å²) in [6.45, 7) is 2.25. The molecule has 8 N–H and O–H groups in total. The van der Waals surface area contributed by atoms with Crippen LogP contribution in [0.25, 0.3) is 0 Å². The van der Waals surface area contributed by atoms with Crippen LogP contribution in [0.15, 0.2) is 48.5 Å². The molecule has 2 aromatic carbocycles. The van der Waals surface area contributed by atoms with E-state index in [4.69, 9.17) is 17.2 Å². The summed E-state index contributed by atoms with van der Waals surface area (Å²) in [5.74, 6) is -1.86. The molecule has 2 rings (SSSR count). The zero-order valence-corrected chi connectivity index (χ0v) is 21.3. The number of hydrogen-bond acceptors (Lipinski definition) is 6. The summed E-state index contributed by atoms with van der Waals surface area (Å²) in [5, 5.41) is 5.01. The molecular formula is C26H35F3N6O3. The Morgan fingerprint density at radius 1 is 0.974 bits per heavy atom. The van der Waals surface area contributed by atoms with Crippen LogP contribution >= 0.6 is 0 Å². The number of aryl methyl sites for hydroxylation is 2. The Balaban J connectivity index is 2.16. The van der Waals surface area contributed by atoms with Crippen LogP contribution in [-0.4, -0.2) is 60.9 Å². The number of carbonyl (C=O) groups is 3. The molecule has 0 saturated heterocycles. The van der Waals surface area contributed by atoms with Crippen molar-refractivity contribution in [3.63, 3.8) is 0 Å². The zero-order valence-electron chi connectivity index (χ0n) is 21.3. The molecule has 208 valence electrons. The third kappa shape index (κ3) is 9.43. The van der Waals surface area contributed by atoms with Gasteiger partial charge in [-0.1, -0.05) is 36.4 Å². The van der Waals surface area contributed by atoms with E-state index in [-0.39, 0.29) is 50.3 Å². The van der Waals surface area contributed by atoms with Gasteiger partial charge in [0.2, 0.25) is 17.7 Å². The fourth-order valence-electron chi connectivity index (χ4n) is 3.82. The highest BCUT2D eigenvalue weighted by molar-refractivity contribution is 5.98. The van der Waals surface area contributed by atoms with Crippen LogP contribution in [0.2, 0.25) is 0 Å². The van der Waals surface area contributed by atoms with Crippen LogP contribution < -0.4 is 27.8 Å². The highest BCUT2D eigenvalue weighted by Crippen LogP contribution is 2.33. The zero-order chi connectivity index (χ0) is 28.3.